The summed E-state index contributed by atoms with van der Waals surface area (Å²) >= 11 is 0. The van der Waals surface area contributed by atoms with Crippen LogP contribution in [0.15, 0.2) is 12.4 Å². The Labute approximate surface area is 95.1 Å². The summed E-state index contributed by atoms with van der Waals surface area (Å²) in [6.07, 6.45) is 7.48. The van der Waals surface area contributed by atoms with Gasteiger partial charge in [-0.15, -0.1) is 0 Å². The van der Waals surface area contributed by atoms with E-state index in [0.717, 1.165) is 24.2 Å². The monoisotopic (exact) mass is 219 g/mol. The minimum atomic E-state index is -0.717. The van der Waals surface area contributed by atoms with Gasteiger partial charge in [-0.05, 0) is 32.6 Å². The molecule has 2 saturated heterocycles. The first kappa shape index (κ1) is 10.2. The molecule has 2 atom stereocenters. The number of fused-ring (bicyclic) bond motifs is 2. The smallest absolute Gasteiger partial charge is 0.125 e. The Kier molecular flexibility index (Phi) is 2.23. The Morgan fingerprint density at radius 1 is 1.25 bits per heavy atom. The topological polar surface area (TPSA) is 58.0 Å². The van der Waals surface area contributed by atoms with Crippen molar-refractivity contribution in [2.45, 2.75) is 50.3 Å². The fraction of sp³-hybridized carbons (Fsp3) is 0.667. The molecule has 0 saturated carbocycles. The third kappa shape index (κ3) is 1.62. The molecule has 2 bridgehead atoms. The lowest BCUT2D eigenvalue weighted by Crippen LogP contribution is -2.46. The van der Waals surface area contributed by atoms with E-state index in [4.69, 9.17) is 0 Å². The van der Waals surface area contributed by atoms with Gasteiger partial charge < -0.3 is 10.4 Å². The summed E-state index contributed by atoms with van der Waals surface area (Å²) in [4.78, 5) is 8.36. The van der Waals surface area contributed by atoms with E-state index in [1.54, 1.807) is 12.4 Å². The summed E-state index contributed by atoms with van der Waals surface area (Å²) in [7, 11) is 0. The average molecular weight is 219 g/mol. The molecule has 4 heteroatoms. The van der Waals surface area contributed by atoms with Crippen LogP contribution in [0.3, 0.4) is 0 Å². The van der Waals surface area contributed by atoms with Crippen LogP contribution in [0.1, 0.15) is 37.1 Å². The molecule has 1 aromatic heterocycles. The van der Waals surface area contributed by atoms with E-state index in [1.807, 2.05) is 6.92 Å². The zero-order chi connectivity index (χ0) is 11.2. The largest absolute Gasteiger partial charge is 0.385 e. The van der Waals surface area contributed by atoms with Gasteiger partial charge in [0.05, 0.1) is 5.60 Å². The molecule has 0 aromatic carbocycles. The van der Waals surface area contributed by atoms with Gasteiger partial charge in [0.2, 0.25) is 0 Å². The van der Waals surface area contributed by atoms with E-state index in [9.17, 15) is 5.11 Å². The van der Waals surface area contributed by atoms with Gasteiger partial charge in [0.1, 0.15) is 5.82 Å². The molecule has 2 N–H and O–H groups in total. The number of hydrogen-bond donors (Lipinski definition) is 2. The van der Waals surface area contributed by atoms with Gasteiger partial charge in [-0.2, -0.15) is 0 Å². The molecule has 3 rings (SSSR count). The van der Waals surface area contributed by atoms with Crippen LogP contribution in [0.25, 0.3) is 0 Å². The second-order valence-electron chi connectivity index (χ2n) is 5.10. The highest BCUT2D eigenvalue weighted by Gasteiger charge is 2.43. The molecule has 2 aliphatic heterocycles. The molecule has 4 nitrogen and oxygen atoms in total. The van der Waals surface area contributed by atoms with Crippen LogP contribution in [0.5, 0.6) is 0 Å². The number of nitrogens with one attached hydrogen (secondary N) is 1. The molecule has 16 heavy (non-hydrogen) atoms. The molecular formula is C12H17N3O. The van der Waals surface area contributed by atoms with Crippen LogP contribution >= 0.6 is 0 Å². The van der Waals surface area contributed by atoms with Crippen molar-refractivity contribution in [3.8, 4) is 0 Å². The van der Waals surface area contributed by atoms with E-state index >= 15 is 0 Å². The van der Waals surface area contributed by atoms with E-state index in [1.165, 1.54) is 12.8 Å². The van der Waals surface area contributed by atoms with Crippen molar-refractivity contribution < 1.29 is 5.11 Å². The van der Waals surface area contributed by atoms with Gasteiger partial charge in [-0.25, -0.2) is 9.97 Å². The maximum atomic E-state index is 10.7. The molecule has 86 valence electrons. The van der Waals surface area contributed by atoms with Crippen LogP contribution < -0.4 is 5.32 Å². The number of nitrogens with zero attached hydrogens (tertiary/aromatic N) is 2. The molecule has 0 aliphatic carbocycles. The van der Waals surface area contributed by atoms with Crippen molar-refractivity contribution in [2.24, 2.45) is 0 Å². The maximum Gasteiger partial charge on any atom is 0.125 e. The second-order valence-corrected chi connectivity index (χ2v) is 5.10. The van der Waals surface area contributed by atoms with Crippen molar-refractivity contribution in [1.82, 2.24) is 15.3 Å². The molecule has 2 fully saturated rings. The van der Waals surface area contributed by atoms with Gasteiger partial charge in [0, 0.05) is 30.0 Å². The van der Waals surface area contributed by atoms with Crippen LogP contribution in [0.2, 0.25) is 0 Å². The SMILES string of the molecule is Cc1ncc(C2(O)CC3CCC(C2)N3)cn1. The Morgan fingerprint density at radius 2 is 1.81 bits per heavy atom. The minimum Gasteiger partial charge on any atom is -0.385 e. The molecule has 2 aliphatic rings. The summed E-state index contributed by atoms with van der Waals surface area (Å²) < 4.78 is 0. The lowest BCUT2D eigenvalue weighted by atomic mass is 9.83. The van der Waals surface area contributed by atoms with Crippen LogP contribution in [-0.2, 0) is 5.60 Å². The van der Waals surface area contributed by atoms with E-state index in [0.29, 0.717) is 12.1 Å². The number of rotatable bonds is 1. The van der Waals surface area contributed by atoms with E-state index < -0.39 is 5.60 Å². The predicted octanol–water partition coefficient (Wildman–Crippen LogP) is 0.887. The number of hydrogen-bond acceptors (Lipinski definition) is 4. The Morgan fingerprint density at radius 3 is 2.38 bits per heavy atom. The quantitative estimate of drug-likeness (QED) is 0.736. The van der Waals surface area contributed by atoms with E-state index in [-0.39, 0.29) is 0 Å². The molecule has 0 radical (unpaired) electrons. The number of aliphatic hydroxyl groups is 1. The molecule has 0 amide bonds. The first-order valence-electron chi connectivity index (χ1n) is 5.93. The lowest BCUT2D eigenvalue weighted by molar-refractivity contribution is -0.0120. The maximum absolute atomic E-state index is 10.7. The van der Waals surface area contributed by atoms with Crippen molar-refractivity contribution in [1.29, 1.82) is 0 Å². The number of piperidine rings is 1. The lowest BCUT2D eigenvalue weighted by Gasteiger charge is -2.37. The summed E-state index contributed by atoms with van der Waals surface area (Å²) in [5.41, 5.74) is 0.154. The van der Waals surface area contributed by atoms with Crippen molar-refractivity contribution in [3.05, 3.63) is 23.8 Å². The van der Waals surface area contributed by atoms with Gasteiger partial charge in [0.15, 0.2) is 0 Å². The first-order chi connectivity index (χ1) is 7.66. The normalized spacial score (nSPS) is 37.6. The predicted molar refractivity (Wildman–Crippen MR) is 59.8 cm³/mol. The summed E-state index contributed by atoms with van der Waals surface area (Å²) in [5.74, 6) is 0.754. The fourth-order valence-corrected chi connectivity index (χ4v) is 2.99. The highest BCUT2D eigenvalue weighted by molar-refractivity contribution is 5.19. The minimum absolute atomic E-state index is 0.463. The number of aryl methyl sites for hydroxylation is 1. The van der Waals surface area contributed by atoms with Crippen molar-refractivity contribution in [3.63, 3.8) is 0 Å². The van der Waals surface area contributed by atoms with Crippen molar-refractivity contribution >= 4 is 0 Å². The zero-order valence-corrected chi connectivity index (χ0v) is 9.48. The second kappa shape index (κ2) is 3.50. The molecule has 3 heterocycles. The van der Waals surface area contributed by atoms with Crippen LogP contribution in [0.4, 0.5) is 0 Å². The first-order valence-corrected chi connectivity index (χ1v) is 5.93. The van der Waals surface area contributed by atoms with Gasteiger partial charge in [0.25, 0.3) is 0 Å². The van der Waals surface area contributed by atoms with Gasteiger partial charge in [-0.1, -0.05) is 0 Å². The van der Waals surface area contributed by atoms with Crippen molar-refractivity contribution in [2.75, 3.05) is 0 Å². The number of aromatic nitrogens is 2. The van der Waals surface area contributed by atoms with Crippen LogP contribution in [-0.4, -0.2) is 27.2 Å². The zero-order valence-electron chi connectivity index (χ0n) is 9.48. The van der Waals surface area contributed by atoms with Gasteiger partial charge in [-0.3, -0.25) is 0 Å². The van der Waals surface area contributed by atoms with E-state index in [2.05, 4.69) is 15.3 Å². The summed E-state index contributed by atoms with van der Waals surface area (Å²) in [5, 5.41) is 14.2. The molecule has 0 spiro atoms. The highest BCUT2D eigenvalue weighted by Crippen LogP contribution is 2.40. The molecule has 2 unspecified atom stereocenters. The Bertz CT molecular complexity index is 378. The Balaban J connectivity index is 1.90. The standard InChI is InChI=1S/C12H17N3O/c1-8-13-6-9(7-14-8)12(16)4-10-2-3-11(5-12)15-10/h6-7,10-11,15-16H,2-5H2,1H3. The molecular weight excluding hydrogens is 202 g/mol. The Hall–Kier alpha value is -1.00. The third-order valence-corrected chi connectivity index (χ3v) is 3.82. The summed E-state index contributed by atoms with van der Waals surface area (Å²) in [6.45, 7) is 1.86. The highest BCUT2D eigenvalue weighted by atomic mass is 16.3. The average Bonchev–Trinajstić information content (AvgIpc) is 2.59. The molecule has 1 aromatic rings. The summed E-state index contributed by atoms with van der Waals surface area (Å²) in [6, 6.07) is 0.926. The van der Waals surface area contributed by atoms with Crippen LogP contribution in [0, 0.1) is 6.92 Å². The van der Waals surface area contributed by atoms with Gasteiger partial charge >= 0.3 is 0 Å². The third-order valence-electron chi connectivity index (χ3n) is 3.82. The fourth-order valence-electron chi connectivity index (χ4n) is 2.99.